The molecule has 2 amide bonds. The summed E-state index contributed by atoms with van der Waals surface area (Å²) < 4.78 is 10.5. The highest BCUT2D eigenvalue weighted by Gasteiger charge is 2.43. The van der Waals surface area contributed by atoms with Gasteiger partial charge >= 0.3 is 0 Å². The number of ether oxygens (including phenoxy) is 2. The van der Waals surface area contributed by atoms with Crippen molar-refractivity contribution in [3.8, 4) is 5.75 Å². The first-order valence-electron chi connectivity index (χ1n) is 8.97. The van der Waals surface area contributed by atoms with E-state index < -0.39 is 0 Å². The summed E-state index contributed by atoms with van der Waals surface area (Å²) in [5.74, 6) is 0.634. The van der Waals surface area contributed by atoms with Crippen molar-refractivity contribution in [2.45, 2.75) is 37.8 Å². The monoisotopic (exact) mass is 414 g/mol. The molecule has 27 heavy (non-hydrogen) atoms. The predicted octanol–water partition coefficient (Wildman–Crippen LogP) is 2.95. The molecule has 0 aliphatic carbocycles. The van der Waals surface area contributed by atoms with Gasteiger partial charge in [0, 0.05) is 50.2 Å². The van der Waals surface area contributed by atoms with E-state index in [2.05, 4.69) is 0 Å². The van der Waals surface area contributed by atoms with Crippen LogP contribution in [0.3, 0.4) is 0 Å². The minimum atomic E-state index is -0.145. The van der Waals surface area contributed by atoms with Crippen molar-refractivity contribution >= 4 is 35.0 Å². The van der Waals surface area contributed by atoms with E-state index in [9.17, 15) is 9.59 Å². The minimum Gasteiger partial charge on any atom is -0.496 e. The lowest BCUT2D eigenvalue weighted by atomic mass is 9.95. The molecule has 2 aliphatic rings. The Bertz CT molecular complexity index is 743. The standard InChI is InChI=1S/C19H24Cl2N2O4/c1-11-6-16(24)23-8-12(7-13(23)9-22(11)17(25)10-26-2)18-15(27-3)5-4-14(20)19(18)21/h4-5,11-13H,6-10H2,1-3H3/t11-,12-,13-/m0/s1. The largest absolute Gasteiger partial charge is 0.496 e. The number of hydrogen-bond acceptors (Lipinski definition) is 4. The average Bonchev–Trinajstić information content (AvgIpc) is 3.00. The third-order valence-corrected chi connectivity index (χ3v) is 6.27. The highest BCUT2D eigenvalue weighted by Crippen LogP contribution is 2.44. The number of fused-ring (bicyclic) bond motifs is 1. The van der Waals surface area contributed by atoms with Crippen molar-refractivity contribution in [3.63, 3.8) is 0 Å². The summed E-state index contributed by atoms with van der Waals surface area (Å²) in [5, 5.41) is 0.929. The fraction of sp³-hybridized carbons (Fsp3) is 0.579. The Labute approximate surface area is 169 Å². The topological polar surface area (TPSA) is 59.1 Å². The van der Waals surface area contributed by atoms with Gasteiger partial charge in [-0.1, -0.05) is 23.2 Å². The number of rotatable bonds is 4. The summed E-state index contributed by atoms with van der Waals surface area (Å²) in [6.45, 7) is 2.95. The second kappa shape index (κ2) is 8.25. The van der Waals surface area contributed by atoms with Crippen molar-refractivity contribution in [2.75, 3.05) is 33.9 Å². The maximum Gasteiger partial charge on any atom is 0.248 e. The SMILES string of the molecule is COCC(=O)N1C[C@@H]2C[C@H](c3c(OC)ccc(Cl)c3Cl)CN2C(=O)C[C@@H]1C. The maximum atomic E-state index is 12.8. The lowest BCUT2D eigenvalue weighted by Gasteiger charge is -2.28. The van der Waals surface area contributed by atoms with E-state index in [1.54, 1.807) is 24.1 Å². The molecule has 0 saturated carbocycles. The number of carbonyl (C=O) groups is 2. The molecule has 0 aromatic heterocycles. The molecule has 6 nitrogen and oxygen atoms in total. The van der Waals surface area contributed by atoms with Gasteiger partial charge in [-0.25, -0.2) is 0 Å². The Hall–Kier alpha value is -1.50. The summed E-state index contributed by atoms with van der Waals surface area (Å²) in [7, 11) is 3.09. The van der Waals surface area contributed by atoms with E-state index in [4.69, 9.17) is 32.7 Å². The van der Waals surface area contributed by atoms with E-state index in [0.717, 1.165) is 5.56 Å². The summed E-state index contributed by atoms with van der Waals surface area (Å²) >= 11 is 12.7. The summed E-state index contributed by atoms with van der Waals surface area (Å²) in [4.78, 5) is 28.8. The lowest BCUT2D eigenvalue weighted by molar-refractivity contribution is -0.137. The zero-order chi connectivity index (χ0) is 19.7. The lowest BCUT2D eigenvalue weighted by Crippen LogP contribution is -2.44. The van der Waals surface area contributed by atoms with Gasteiger partial charge in [0.2, 0.25) is 11.8 Å². The number of methoxy groups -OCH3 is 2. The van der Waals surface area contributed by atoms with Gasteiger partial charge in [0.1, 0.15) is 12.4 Å². The van der Waals surface area contributed by atoms with E-state index in [0.29, 0.717) is 41.7 Å². The maximum absolute atomic E-state index is 12.8. The van der Waals surface area contributed by atoms with E-state index >= 15 is 0 Å². The van der Waals surface area contributed by atoms with Gasteiger partial charge in [-0.05, 0) is 25.5 Å². The van der Waals surface area contributed by atoms with Crippen LogP contribution in [-0.2, 0) is 14.3 Å². The van der Waals surface area contributed by atoms with Crippen molar-refractivity contribution in [1.29, 1.82) is 0 Å². The number of benzene rings is 1. The minimum absolute atomic E-state index is 0.00730. The van der Waals surface area contributed by atoms with Gasteiger partial charge in [0.15, 0.2) is 0 Å². The molecular formula is C19H24Cl2N2O4. The van der Waals surface area contributed by atoms with Crippen LogP contribution < -0.4 is 4.74 Å². The molecule has 1 aromatic rings. The van der Waals surface area contributed by atoms with Gasteiger partial charge in [-0.2, -0.15) is 0 Å². The molecule has 148 valence electrons. The van der Waals surface area contributed by atoms with Crippen molar-refractivity contribution in [3.05, 3.63) is 27.7 Å². The highest BCUT2D eigenvalue weighted by atomic mass is 35.5. The molecular weight excluding hydrogens is 391 g/mol. The molecule has 2 heterocycles. The van der Waals surface area contributed by atoms with Gasteiger partial charge < -0.3 is 19.3 Å². The quantitative estimate of drug-likeness (QED) is 0.759. The first-order chi connectivity index (χ1) is 12.9. The Balaban J connectivity index is 1.88. The molecule has 8 heteroatoms. The fourth-order valence-electron chi connectivity index (χ4n) is 4.15. The summed E-state index contributed by atoms with van der Waals surface area (Å²) in [5.41, 5.74) is 0.829. The highest BCUT2D eigenvalue weighted by molar-refractivity contribution is 6.42. The smallest absolute Gasteiger partial charge is 0.248 e. The van der Waals surface area contributed by atoms with Crippen molar-refractivity contribution in [1.82, 2.24) is 9.80 Å². The Morgan fingerprint density at radius 1 is 1.26 bits per heavy atom. The van der Waals surface area contributed by atoms with Crippen LogP contribution in [0.15, 0.2) is 12.1 Å². The van der Waals surface area contributed by atoms with Crippen molar-refractivity contribution in [2.24, 2.45) is 0 Å². The van der Waals surface area contributed by atoms with E-state index in [-0.39, 0.29) is 36.4 Å². The molecule has 2 saturated heterocycles. The van der Waals surface area contributed by atoms with Gasteiger partial charge in [-0.3, -0.25) is 9.59 Å². The van der Waals surface area contributed by atoms with Gasteiger partial charge in [0.25, 0.3) is 0 Å². The molecule has 3 rings (SSSR count). The van der Waals surface area contributed by atoms with Gasteiger partial charge in [-0.15, -0.1) is 0 Å². The van der Waals surface area contributed by atoms with Crippen molar-refractivity contribution < 1.29 is 19.1 Å². The number of amides is 2. The average molecular weight is 415 g/mol. The third kappa shape index (κ3) is 3.89. The first-order valence-corrected chi connectivity index (χ1v) is 9.72. The van der Waals surface area contributed by atoms with Crippen LogP contribution in [0.5, 0.6) is 5.75 Å². The predicted molar refractivity (Wildman–Crippen MR) is 104 cm³/mol. The second-order valence-electron chi connectivity index (χ2n) is 7.14. The van der Waals surface area contributed by atoms with Crippen LogP contribution in [-0.4, -0.2) is 67.6 Å². The molecule has 0 unspecified atom stereocenters. The molecule has 0 N–H and O–H groups in total. The molecule has 0 radical (unpaired) electrons. The van der Waals surface area contributed by atoms with Crippen LogP contribution in [0, 0.1) is 0 Å². The second-order valence-corrected chi connectivity index (χ2v) is 7.93. The number of carbonyl (C=O) groups excluding carboxylic acids is 2. The zero-order valence-electron chi connectivity index (χ0n) is 15.7. The Morgan fingerprint density at radius 2 is 2.00 bits per heavy atom. The number of halogens is 2. The van der Waals surface area contributed by atoms with E-state index in [1.807, 2.05) is 11.8 Å². The zero-order valence-corrected chi connectivity index (χ0v) is 17.2. The first kappa shape index (κ1) is 20.2. The molecule has 0 spiro atoms. The van der Waals surface area contributed by atoms with Crippen LogP contribution in [0.2, 0.25) is 10.0 Å². The Morgan fingerprint density at radius 3 is 2.67 bits per heavy atom. The van der Waals surface area contributed by atoms with Crippen LogP contribution in [0.25, 0.3) is 0 Å². The van der Waals surface area contributed by atoms with Crippen LogP contribution in [0.1, 0.15) is 31.2 Å². The normalized spacial score (nSPS) is 25.4. The molecule has 2 fully saturated rings. The van der Waals surface area contributed by atoms with Crippen LogP contribution in [0.4, 0.5) is 0 Å². The molecule has 2 aliphatic heterocycles. The van der Waals surface area contributed by atoms with E-state index in [1.165, 1.54) is 7.11 Å². The molecule has 1 aromatic carbocycles. The summed E-state index contributed by atoms with van der Waals surface area (Å²) in [6.07, 6.45) is 1.00. The Kier molecular flexibility index (Phi) is 6.18. The fourth-order valence-corrected chi connectivity index (χ4v) is 4.63. The molecule has 3 atom stereocenters. The molecule has 0 bridgehead atoms. The summed E-state index contributed by atoms with van der Waals surface area (Å²) in [6, 6.07) is 3.30. The third-order valence-electron chi connectivity index (χ3n) is 5.45. The number of nitrogens with zero attached hydrogens (tertiary/aromatic N) is 2. The van der Waals surface area contributed by atoms with Gasteiger partial charge in [0.05, 0.1) is 17.2 Å². The number of hydrogen-bond donors (Lipinski definition) is 0. The van der Waals surface area contributed by atoms with Crippen LogP contribution >= 0.6 is 23.2 Å².